The van der Waals surface area contributed by atoms with Gasteiger partial charge < -0.3 is 14.7 Å². The predicted molar refractivity (Wildman–Crippen MR) is 113 cm³/mol. The van der Waals surface area contributed by atoms with Crippen molar-refractivity contribution in [3.8, 4) is 0 Å². The minimum Gasteiger partial charge on any atom is -0.343 e. The summed E-state index contributed by atoms with van der Waals surface area (Å²) in [4.78, 5) is 35.1. The molecule has 2 heterocycles. The second-order valence-electron chi connectivity index (χ2n) is 8.26. The van der Waals surface area contributed by atoms with Gasteiger partial charge in [0.05, 0.1) is 11.9 Å². The van der Waals surface area contributed by atoms with Gasteiger partial charge in [0.1, 0.15) is 5.54 Å². The average molecular weight is 414 g/mol. The highest BCUT2D eigenvalue weighted by Crippen LogP contribution is 2.34. The molecular weight excluding hydrogens is 382 g/mol. The zero-order valence-corrected chi connectivity index (χ0v) is 18.1. The summed E-state index contributed by atoms with van der Waals surface area (Å²) in [7, 11) is 0. The van der Waals surface area contributed by atoms with Gasteiger partial charge in [0, 0.05) is 32.0 Å². The van der Waals surface area contributed by atoms with Crippen molar-refractivity contribution in [3.63, 3.8) is 0 Å². The van der Waals surface area contributed by atoms with Crippen molar-refractivity contribution in [1.29, 1.82) is 0 Å². The second-order valence-corrected chi connectivity index (χ2v) is 8.26. The zero-order valence-electron chi connectivity index (χ0n) is 18.1. The lowest BCUT2D eigenvalue weighted by Gasteiger charge is -2.30. The largest absolute Gasteiger partial charge is 0.343 e. The van der Waals surface area contributed by atoms with E-state index in [-0.39, 0.29) is 24.3 Å². The summed E-state index contributed by atoms with van der Waals surface area (Å²) >= 11 is 0. The van der Waals surface area contributed by atoms with Crippen LogP contribution in [0.25, 0.3) is 0 Å². The van der Waals surface area contributed by atoms with Crippen molar-refractivity contribution in [2.75, 3.05) is 4.90 Å². The lowest BCUT2D eigenvalue weighted by Crippen LogP contribution is -2.45. The van der Waals surface area contributed by atoms with Gasteiger partial charge in [-0.2, -0.15) is 4.98 Å². The van der Waals surface area contributed by atoms with E-state index in [4.69, 9.17) is 4.52 Å². The van der Waals surface area contributed by atoms with Crippen molar-refractivity contribution in [2.45, 2.75) is 83.7 Å². The third-order valence-electron chi connectivity index (χ3n) is 5.53. The Labute approximate surface area is 177 Å². The smallest absolute Gasteiger partial charge is 0.227 e. The molecule has 2 aromatic rings. The third-order valence-corrected chi connectivity index (χ3v) is 5.53. The van der Waals surface area contributed by atoms with E-state index in [2.05, 4.69) is 20.4 Å². The molecule has 1 fully saturated rings. The monoisotopic (exact) mass is 413 g/mol. The normalized spacial score (nSPS) is 16.1. The molecule has 0 aliphatic heterocycles. The molecule has 3 rings (SSSR count). The Morgan fingerprint density at radius 2 is 1.97 bits per heavy atom. The molecular formula is C22H31N5O3. The van der Waals surface area contributed by atoms with E-state index in [9.17, 15) is 9.59 Å². The number of pyridine rings is 1. The summed E-state index contributed by atoms with van der Waals surface area (Å²) in [5.74, 6) is 0.823. The molecule has 1 aliphatic carbocycles. The summed E-state index contributed by atoms with van der Waals surface area (Å²) in [5, 5.41) is 7.27. The van der Waals surface area contributed by atoms with Crippen molar-refractivity contribution >= 4 is 17.5 Å². The average Bonchev–Trinajstić information content (AvgIpc) is 3.07. The molecule has 30 heavy (non-hydrogen) atoms. The van der Waals surface area contributed by atoms with Crippen LogP contribution in [0.2, 0.25) is 0 Å². The van der Waals surface area contributed by atoms with E-state index < -0.39 is 5.54 Å². The van der Waals surface area contributed by atoms with Gasteiger partial charge in [0.2, 0.25) is 17.7 Å². The third kappa shape index (κ3) is 5.23. The molecule has 1 N–H and O–H groups in total. The molecule has 2 aromatic heterocycles. The zero-order chi connectivity index (χ0) is 21.6. The minimum atomic E-state index is -0.576. The molecule has 0 bridgehead atoms. The van der Waals surface area contributed by atoms with Gasteiger partial charge in [-0.25, -0.2) is 0 Å². The molecule has 0 radical (unpaired) electrons. The van der Waals surface area contributed by atoms with E-state index in [1.807, 2.05) is 26.0 Å². The van der Waals surface area contributed by atoms with Crippen molar-refractivity contribution < 1.29 is 14.1 Å². The first-order valence-electron chi connectivity index (χ1n) is 10.8. The molecule has 1 saturated carbocycles. The van der Waals surface area contributed by atoms with Crippen LogP contribution >= 0.6 is 0 Å². The Morgan fingerprint density at radius 1 is 1.23 bits per heavy atom. The number of aromatic nitrogens is 3. The van der Waals surface area contributed by atoms with Gasteiger partial charge in [-0.3, -0.25) is 14.6 Å². The highest BCUT2D eigenvalue weighted by atomic mass is 16.5. The van der Waals surface area contributed by atoms with Crippen LogP contribution in [0, 0.1) is 0 Å². The molecule has 2 amide bonds. The number of hydrogen-bond acceptors (Lipinski definition) is 6. The van der Waals surface area contributed by atoms with Gasteiger partial charge in [0.25, 0.3) is 0 Å². The number of nitrogens with zero attached hydrogens (tertiary/aromatic N) is 4. The van der Waals surface area contributed by atoms with E-state index in [0.717, 1.165) is 44.2 Å². The van der Waals surface area contributed by atoms with Crippen LogP contribution in [0.5, 0.6) is 0 Å². The molecule has 0 aromatic carbocycles. The molecule has 0 saturated heterocycles. The molecule has 0 atom stereocenters. The topological polar surface area (TPSA) is 101 Å². The lowest BCUT2D eigenvalue weighted by atomic mass is 9.89. The van der Waals surface area contributed by atoms with Crippen molar-refractivity contribution in [1.82, 2.24) is 20.4 Å². The van der Waals surface area contributed by atoms with Gasteiger partial charge >= 0.3 is 0 Å². The van der Waals surface area contributed by atoms with Crippen LogP contribution in [0.15, 0.2) is 29.0 Å². The summed E-state index contributed by atoms with van der Waals surface area (Å²) in [6.45, 7) is 5.46. The number of nitrogens with one attached hydrogen (secondary N) is 1. The first kappa shape index (κ1) is 21.9. The maximum Gasteiger partial charge on any atom is 0.227 e. The fourth-order valence-electron chi connectivity index (χ4n) is 4.19. The fraction of sp³-hybridized carbons (Fsp3) is 0.591. The molecule has 0 unspecified atom stereocenters. The van der Waals surface area contributed by atoms with Crippen LogP contribution < -0.4 is 10.2 Å². The number of hydrogen-bond donors (Lipinski definition) is 1. The second kappa shape index (κ2) is 9.82. The Hall–Kier alpha value is -2.77. The summed E-state index contributed by atoms with van der Waals surface area (Å²) in [5.41, 5.74) is 0.195. The van der Waals surface area contributed by atoms with Gasteiger partial charge in [-0.1, -0.05) is 30.8 Å². The Kier molecular flexibility index (Phi) is 7.18. The number of amides is 2. The summed E-state index contributed by atoms with van der Waals surface area (Å²) in [6, 6.07) is 3.70. The first-order chi connectivity index (χ1) is 14.4. The van der Waals surface area contributed by atoms with Gasteiger partial charge in [0.15, 0.2) is 5.82 Å². The Balaban J connectivity index is 1.71. The summed E-state index contributed by atoms with van der Waals surface area (Å²) < 4.78 is 5.47. The standard InChI is InChI=1S/C22H31N5O3/c1-16(2)27(18-9-8-14-23-15-18)20(29)11-10-19-24-21(26-30-19)22(25-17(3)28)12-6-4-5-7-13-22/h8-9,14-16H,4-7,10-13H2,1-3H3,(H,25,28). The summed E-state index contributed by atoms with van der Waals surface area (Å²) in [6.07, 6.45) is 9.87. The SMILES string of the molecule is CC(=O)NC1(c2noc(CCC(=O)N(c3cccnc3)C(C)C)n2)CCCCCC1. The first-order valence-corrected chi connectivity index (χ1v) is 10.8. The van der Waals surface area contributed by atoms with Crippen LogP contribution in [0.4, 0.5) is 5.69 Å². The van der Waals surface area contributed by atoms with Crippen LogP contribution in [0.1, 0.15) is 77.4 Å². The van der Waals surface area contributed by atoms with Crippen LogP contribution in [-0.4, -0.2) is 33.0 Å². The van der Waals surface area contributed by atoms with Gasteiger partial charge in [-0.05, 0) is 38.8 Å². The Morgan fingerprint density at radius 3 is 2.57 bits per heavy atom. The molecule has 8 heteroatoms. The maximum atomic E-state index is 12.9. The number of rotatable bonds is 7. The predicted octanol–water partition coefficient (Wildman–Crippen LogP) is 3.52. The number of aryl methyl sites for hydroxylation is 1. The highest BCUT2D eigenvalue weighted by molar-refractivity contribution is 5.93. The quantitative estimate of drug-likeness (QED) is 0.697. The number of carbonyl (C=O) groups excluding carboxylic acids is 2. The van der Waals surface area contributed by atoms with Crippen LogP contribution in [-0.2, 0) is 21.5 Å². The van der Waals surface area contributed by atoms with E-state index in [1.165, 1.54) is 6.92 Å². The van der Waals surface area contributed by atoms with Crippen molar-refractivity contribution in [2.24, 2.45) is 0 Å². The number of anilines is 1. The molecule has 8 nitrogen and oxygen atoms in total. The van der Waals surface area contributed by atoms with Crippen LogP contribution in [0.3, 0.4) is 0 Å². The van der Waals surface area contributed by atoms with Crippen molar-refractivity contribution in [3.05, 3.63) is 36.2 Å². The number of carbonyl (C=O) groups is 2. The Bertz CT molecular complexity index is 841. The molecule has 0 spiro atoms. The van der Waals surface area contributed by atoms with E-state index >= 15 is 0 Å². The molecule has 1 aliphatic rings. The molecule has 162 valence electrons. The lowest BCUT2D eigenvalue weighted by molar-refractivity contribution is -0.121. The van der Waals surface area contributed by atoms with E-state index in [0.29, 0.717) is 18.1 Å². The fourth-order valence-corrected chi connectivity index (χ4v) is 4.19. The minimum absolute atomic E-state index is 0.00831. The van der Waals surface area contributed by atoms with E-state index in [1.54, 1.807) is 17.3 Å². The van der Waals surface area contributed by atoms with Gasteiger partial charge in [-0.15, -0.1) is 0 Å². The highest BCUT2D eigenvalue weighted by Gasteiger charge is 2.38. The maximum absolute atomic E-state index is 12.9.